The van der Waals surface area contributed by atoms with Gasteiger partial charge in [-0.2, -0.15) is 0 Å². The molecule has 78 valence electrons. The van der Waals surface area contributed by atoms with Gasteiger partial charge >= 0.3 is 0 Å². The molecule has 2 N–H and O–H groups in total. The van der Waals surface area contributed by atoms with Crippen LogP contribution in [0.5, 0.6) is 0 Å². The standard InChI is InChI=1S/C9H15N3O2/c1-2-4-11-9(13)7-10-6-8-3-5-12-14-8/h3,5,10H,2,4,6-7H2,1H3,(H,11,13). The highest BCUT2D eigenvalue weighted by Gasteiger charge is 2.00. The van der Waals surface area contributed by atoms with E-state index < -0.39 is 0 Å². The Bertz CT molecular complexity index is 259. The molecule has 1 amide bonds. The third kappa shape index (κ3) is 4.04. The number of rotatable bonds is 6. The molecule has 0 saturated carbocycles. The molecule has 0 unspecified atom stereocenters. The first kappa shape index (κ1) is 10.7. The fraction of sp³-hybridized carbons (Fsp3) is 0.556. The number of carbonyl (C=O) groups excluding carboxylic acids is 1. The highest BCUT2D eigenvalue weighted by molar-refractivity contribution is 5.77. The second-order valence-electron chi connectivity index (χ2n) is 2.93. The van der Waals surface area contributed by atoms with Crippen LogP contribution < -0.4 is 10.6 Å². The van der Waals surface area contributed by atoms with E-state index in [2.05, 4.69) is 15.8 Å². The van der Waals surface area contributed by atoms with Crippen molar-refractivity contribution in [3.63, 3.8) is 0 Å². The van der Waals surface area contributed by atoms with E-state index >= 15 is 0 Å². The van der Waals surface area contributed by atoms with E-state index in [-0.39, 0.29) is 5.91 Å². The number of aromatic nitrogens is 1. The summed E-state index contributed by atoms with van der Waals surface area (Å²) in [6.07, 6.45) is 2.53. The van der Waals surface area contributed by atoms with Crippen LogP contribution in [0, 0.1) is 0 Å². The van der Waals surface area contributed by atoms with Gasteiger partial charge in [-0.15, -0.1) is 0 Å². The van der Waals surface area contributed by atoms with Crippen molar-refractivity contribution in [2.45, 2.75) is 19.9 Å². The second-order valence-corrected chi connectivity index (χ2v) is 2.93. The number of nitrogens with zero attached hydrogens (tertiary/aromatic N) is 1. The first-order chi connectivity index (χ1) is 6.83. The largest absolute Gasteiger partial charge is 0.360 e. The summed E-state index contributed by atoms with van der Waals surface area (Å²) in [5.41, 5.74) is 0. The molecule has 0 bridgehead atoms. The SMILES string of the molecule is CCCNC(=O)CNCc1ccno1. The van der Waals surface area contributed by atoms with E-state index in [4.69, 9.17) is 4.52 Å². The van der Waals surface area contributed by atoms with E-state index in [0.29, 0.717) is 13.1 Å². The Hall–Kier alpha value is -1.36. The zero-order valence-electron chi connectivity index (χ0n) is 8.25. The highest BCUT2D eigenvalue weighted by atomic mass is 16.5. The molecule has 14 heavy (non-hydrogen) atoms. The molecule has 0 spiro atoms. The lowest BCUT2D eigenvalue weighted by Crippen LogP contribution is -2.33. The Kier molecular flexibility index (Phi) is 4.71. The van der Waals surface area contributed by atoms with Crippen molar-refractivity contribution in [1.82, 2.24) is 15.8 Å². The molecule has 5 nitrogen and oxygen atoms in total. The Morgan fingerprint density at radius 1 is 1.64 bits per heavy atom. The molecular weight excluding hydrogens is 182 g/mol. The van der Waals surface area contributed by atoms with Crippen molar-refractivity contribution in [3.8, 4) is 0 Å². The van der Waals surface area contributed by atoms with Crippen molar-refractivity contribution in [1.29, 1.82) is 0 Å². The third-order valence-corrected chi connectivity index (χ3v) is 1.65. The van der Waals surface area contributed by atoms with Crippen LogP contribution in [0.2, 0.25) is 0 Å². The smallest absolute Gasteiger partial charge is 0.233 e. The summed E-state index contributed by atoms with van der Waals surface area (Å²) in [5, 5.41) is 9.27. The maximum atomic E-state index is 11.1. The molecule has 1 rings (SSSR count). The van der Waals surface area contributed by atoms with Crippen LogP contribution in [0.1, 0.15) is 19.1 Å². The fourth-order valence-electron chi connectivity index (χ4n) is 0.959. The topological polar surface area (TPSA) is 67.2 Å². The third-order valence-electron chi connectivity index (χ3n) is 1.65. The number of hydrogen-bond donors (Lipinski definition) is 2. The van der Waals surface area contributed by atoms with E-state index in [1.165, 1.54) is 0 Å². The van der Waals surface area contributed by atoms with Gasteiger partial charge in [0.15, 0.2) is 0 Å². The van der Waals surface area contributed by atoms with E-state index in [0.717, 1.165) is 18.7 Å². The number of carbonyl (C=O) groups is 1. The summed E-state index contributed by atoms with van der Waals surface area (Å²) < 4.78 is 4.85. The molecule has 5 heteroatoms. The highest BCUT2D eigenvalue weighted by Crippen LogP contribution is 1.93. The Morgan fingerprint density at radius 3 is 3.14 bits per heavy atom. The Balaban J connectivity index is 2.06. The quantitative estimate of drug-likeness (QED) is 0.688. The van der Waals surface area contributed by atoms with Crippen LogP contribution in [0.25, 0.3) is 0 Å². The molecule has 0 fully saturated rings. The first-order valence-corrected chi connectivity index (χ1v) is 4.70. The molecule has 0 aliphatic carbocycles. The Morgan fingerprint density at radius 2 is 2.50 bits per heavy atom. The molecule has 0 aromatic carbocycles. The summed E-state index contributed by atoms with van der Waals surface area (Å²) in [4.78, 5) is 11.1. The number of hydrogen-bond acceptors (Lipinski definition) is 4. The zero-order chi connectivity index (χ0) is 10.2. The van der Waals surface area contributed by atoms with E-state index in [1.807, 2.05) is 6.92 Å². The maximum absolute atomic E-state index is 11.1. The van der Waals surface area contributed by atoms with Gasteiger partial charge in [0.2, 0.25) is 5.91 Å². The summed E-state index contributed by atoms with van der Waals surface area (Å²) in [5.74, 6) is 0.736. The van der Waals surface area contributed by atoms with Gasteiger partial charge in [0.1, 0.15) is 5.76 Å². The first-order valence-electron chi connectivity index (χ1n) is 4.70. The summed E-state index contributed by atoms with van der Waals surface area (Å²) in [6, 6.07) is 1.76. The Labute approximate surface area is 82.8 Å². The van der Waals surface area contributed by atoms with Crippen molar-refractivity contribution < 1.29 is 9.32 Å². The average molecular weight is 197 g/mol. The van der Waals surface area contributed by atoms with Gasteiger partial charge in [0.05, 0.1) is 19.3 Å². The molecule has 1 aromatic heterocycles. The minimum Gasteiger partial charge on any atom is -0.360 e. The van der Waals surface area contributed by atoms with Crippen LogP contribution in [0.3, 0.4) is 0 Å². The van der Waals surface area contributed by atoms with Crippen molar-refractivity contribution >= 4 is 5.91 Å². The molecule has 0 aliphatic rings. The van der Waals surface area contributed by atoms with Crippen molar-refractivity contribution in [3.05, 3.63) is 18.0 Å². The molecule has 0 atom stereocenters. The number of amides is 1. The fourth-order valence-corrected chi connectivity index (χ4v) is 0.959. The van der Waals surface area contributed by atoms with Gasteiger partial charge in [0.25, 0.3) is 0 Å². The lowest BCUT2D eigenvalue weighted by molar-refractivity contribution is -0.120. The predicted octanol–water partition coefficient (Wildman–Crippen LogP) is 0.290. The average Bonchev–Trinajstić information content (AvgIpc) is 2.67. The van der Waals surface area contributed by atoms with Gasteiger partial charge in [0, 0.05) is 12.6 Å². The summed E-state index contributed by atoms with van der Waals surface area (Å²) in [6.45, 7) is 3.57. The van der Waals surface area contributed by atoms with Gasteiger partial charge in [-0.3, -0.25) is 4.79 Å². The summed E-state index contributed by atoms with van der Waals surface area (Å²) >= 11 is 0. The van der Waals surface area contributed by atoms with Crippen LogP contribution >= 0.6 is 0 Å². The lowest BCUT2D eigenvalue weighted by Gasteiger charge is -2.03. The second kappa shape index (κ2) is 6.15. The molecular formula is C9H15N3O2. The van der Waals surface area contributed by atoms with Gasteiger partial charge in [-0.1, -0.05) is 12.1 Å². The van der Waals surface area contributed by atoms with E-state index in [1.54, 1.807) is 12.3 Å². The number of nitrogens with one attached hydrogen (secondary N) is 2. The predicted molar refractivity (Wildman–Crippen MR) is 51.5 cm³/mol. The van der Waals surface area contributed by atoms with Crippen molar-refractivity contribution in [2.24, 2.45) is 0 Å². The molecule has 0 aliphatic heterocycles. The van der Waals surface area contributed by atoms with Crippen LogP contribution in [-0.4, -0.2) is 24.2 Å². The van der Waals surface area contributed by atoms with Gasteiger partial charge < -0.3 is 15.2 Å². The summed E-state index contributed by atoms with van der Waals surface area (Å²) in [7, 11) is 0. The molecule has 1 aromatic rings. The van der Waals surface area contributed by atoms with Crippen molar-refractivity contribution in [2.75, 3.05) is 13.1 Å². The zero-order valence-corrected chi connectivity index (χ0v) is 8.25. The minimum absolute atomic E-state index is 0.00589. The lowest BCUT2D eigenvalue weighted by atomic mass is 10.4. The van der Waals surface area contributed by atoms with Gasteiger partial charge in [-0.05, 0) is 6.42 Å². The van der Waals surface area contributed by atoms with Crippen LogP contribution in [0.4, 0.5) is 0 Å². The molecule has 0 saturated heterocycles. The van der Waals surface area contributed by atoms with Gasteiger partial charge in [-0.25, -0.2) is 0 Å². The molecule has 0 radical (unpaired) electrons. The normalized spacial score (nSPS) is 10.1. The van der Waals surface area contributed by atoms with Crippen LogP contribution in [0.15, 0.2) is 16.8 Å². The molecule has 1 heterocycles. The van der Waals surface area contributed by atoms with E-state index in [9.17, 15) is 4.79 Å². The monoisotopic (exact) mass is 197 g/mol. The van der Waals surface area contributed by atoms with Crippen LogP contribution in [-0.2, 0) is 11.3 Å². The maximum Gasteiger partial charge on any atom is 0.233 e. The minimum atomic E-state index is 0.00589.